The molecule has 0 bridgehead atoms. The van der Waals surface area contributed by atoms with Crippen molar-refractivity contribution in [3.63, 3.8) is 0 Å². The Kier molecular flexibility index (Phi) is 3.34. The highest BCUT2D eigenvalue weighted by atomic mass is 15.2. The van der Waals surface area contributed by atoms with E-state index < -0.39 is 0 Å². The monoisotopic (exact) mass is 205 g/mol. The molecule has 3 N–H and O–H groups in total. The second-order valence-corrected chi connectivity index (χ2v) is 4.39. The Hall–Kier alpha value is -0.930. The van der Waals surface area contributed by atoms with Crippen LogP contribution in [0.15, 0.2) is 18.2 Å². The number of nitrogens with one attached hydrogen (secondary N) is 1. The molecule has 1 aliphatic rings. The minimum absolute atomic E-state index is 0.229. The van der Waals surface area contributed by atoms with Crippen molar-refractivity contribution in [2.75, 3.05) is 0 Å². The molecule has 15 heavy (non-hydrogen) atoms. The minimum atomic E-state index is 0.229. The van der Waals surface area contributed by atoms with E-state index in [1.807, 2.05) is 13.0 Å². The largest absolute Gasteiger partial charge is 0.271 e. The van der Waals surface area contributed by atoms with Crippen molar-refractivity contribution >= 4 is 0 Å². The Morgan fingerprint density at radius 2 is 2.13 bits per heavy atom. The fourth-order valence-corrected chi connectivity index (χ4v) is 2.49. The van der Waals surface area contributed by atoms with Crippen LogP contribution < -0.4 is 11.3 Å². The SMILES string of the molecule is Cc1cccc(C(NN)C2CCCC2)n1. The first-order valence-corrected chi connectivity index (χ1v) is 5.71. The number of hydrazine groups is 1. The molecular formula is C12H19N3. The van der Waals surface area contributed by atoms with Gasteiger partial charge in [-0.15, -0.1) is 0 Å². The molecule has 1 aromatic heterocycles. The van der Waals surface area contributed by atoms with Gasteiger partial charge in [0.05, 0.1) is 11.7 Å². The maximum atomic E-state index is 5.64. The van der Waals surface area contributed by atoms with Crippen LogP contribution in [0, 0.1) is 12.8 Å². The van der Waals surface area contributed by atoms with Crippen LogP contribution in [0.25, 0.3) is 0 Å². The number of aryl methyl sites for hydroxylation is 1. The molecule has 0 amide bonds. The number of hydrogen-bond donors (Lipinski definition) is 2. The molecule has 1 aliphatic carbocycles. The number of nitrogens with zero attached hydrogens (tertiary/aromatic N) is 1. The van der Waals surface area contributed by atoms with Gasteiger partial charge in [0.15, 0.2) is 0 Å². The lowest BCUT2D eigenvalue weighted by atomic mass is 9.95. The van der Waals surface area contributed by atoms with Crippen LogP contribution in [0.3, 0.4) is 0 Å². The van der Waals surface area contributed by atoms with Gasteiger partial charge >= 0.3 is 0 Å². The van der Waals surface area contributed by atoms with Crippen LogP contribution in [0.1, 0.15) is 43.1 Å². The Morgan fingerprint density at radius 3 is 2.73 bits per heavy atom. The number of nitrogens with two attached hydrogens (primary N) is 1. The van der Waals surface area contributed by atoms with Crippen molar-refractivity contribution in [1.82, 2.24) is 10.4 Å². The van der Waals surface area contributed by atoms with E-state index in [0.29, 0.717) is 5.92 Å². The molecule has 1 atom stereocenters. The first-order chi connectivity index (χ1) is 7.31. The summed E-state index contributed by atoms with van der Waals surface area (Å²) in [6, 6.07) is 6.37. The van der Waals surface area contributed by atoms with Gasteiger partial charge in [0, 0.05) is 5.69 Å². The first-order valence-electron chi connectivity index (χ1n) is 5.71. The summed E-state index contributed by atoms with van der Waals surface area (Å²) in [5, 5.41) is 0. The molecule has 0 spiro atoms. The highest BCUT2D eigenvalue weighted by Gasteiger charge is 2.26. The van der Waals surface area contributed by atoms with E-state index in [4.69, 9.17) is 5.84 Å². The maximum Gasteiger partial charge on any atom is 0.0660 e. The first kappa shape index (κ1) is 10.6. The summed E-state index contributed by atoms with van der Waals surface area (Å²) >= 11 is 0. The van der Waals surface area contributed by atoms with Gasteiger partial charge < -0.3 is 0 Å². The van der Waals surface area contributed by atoms with E-state index in [2.05, 4.69) is 22.5 Å². The third-order valence-corrected chi connectivity index (χ3v) is 3.28. The zero-order valence-electron chi connectivity index (χ0n) is 9.24. The summed E-state index contributed by atoms with van der Waals surface area (Å²) in [5.41, 5.74) is 5.07. The molecule has 2 rings (SSSR count). The van der Waals surface area contributed by atoms with Gasteiger partial charge in [-0.3, -0.25) is 16.3 Å². The van der Waals surface area contributed by atoms with Crippen molar-refractivity contribution in [1.29, 1.82) is 0 Å². The second kappa shape index (κ2) is 4.73. The van der Waals surface area contributed by atoms with Gasteiger partial charge in [-0.25, -0.2) is 0 Å². The van der Waals surface area contributed by atoms with E-state index in [1.165, 1.54) is 25.7 Å². The Morgan fingerprint density at radius 1 is 1.40 bits per heavy atom. The predicted octanol–water partition coefficient (Wildman–Crippen LogP) is 2.08. The molecule has 0 saturated heterocycles. The molecule has 1 fully saturated rings. The van der Waals surface area contributed by atoms with Crippen LogP contribution in [0.4, 0.5) is 0 Å². The average Bonchev–Trinajstić information content (AvgIpc) is 2.72. The summed E-state index contributed by atoms with van der Waals surface area (Å²) in [6.45, 7) is 2.02. The second-order valence-electron chi connectivity index (χ2n) is 4.39. The van der Waals surface area contributed by atoms with Crippen molar-refractivity contribution in [2.45, 2.75) is 38.6 Å². The van der Waals surface area contributed by atoms with Crippen molar-refractivity contribution < 1.29 is 0 Å². The quantitative estimate of drug-likeness (QED) is 0.587. The normalized spacial score (nSPS) is 19.3. The molecule has 1 unspecified atom stereocenters. The van der Waals surface area contributed by atoms with Gasteiger partial charge in [-0.1, -0.05) is 18.9 Å². The summed E-state index contributed by atoms with van der Waals surface area (Å²) < 4.78 is 0. The number of hydrogen-bond acceptors (Lipinski definition) is 3. The molecule has 1 heterocycles. The standard InChI is InChI=1S/C12H19N3/c1-9-5-4-8-11(14-9)12(15-13)10-6-2-3-7-10/h4-5,8,10,12,15H,2-3,6-7,13H2,1H3. The van der Waals surface area contributed by atoms with Gasteiger partial charge in [-0.05, 0) is 37.8 Å². The molecule has 82 valence electrons. The van der Waals surface area contributed by atoms with Crippen LogP contribution in [-0.2, 0) is 0 Å². The molecule has 1 saturated carbocycles. The van der Waals surface area contributed by atoms with Crippen molar-refractivity contribution in [3.05, 3.63) is 29.6 Å². The Bertz CT molecular complexity index is 318. The van der Waals surface area contributed by atoms with Crippen molar-refractivity contribution in [3.8, 4) is 0 Å². The van der Waals surface area contributed by atoms with Gasteiger partial charge in [0.2, 0.25) is 0 Å². The third kappa shape index (κ3) is 2.36. The summed E-state index contributed by atoms with van der Waals surface area (Å²) in [4.78, 5) is 4.55. The molecule has 3 heteroatoms. The highest BCUT2D eigenvalue weighted by Crippen LogP contribution is 2.34. The Labute approximate surface area is 91.1 Å². The molecule has 0 aliphatic heterocycles. The van der Waals surface area contributed by atoms with E-state index in [1.54, 1.807) is 0 Å². The summed E-state index contributed by atoms with van der Waals surface area (Å²) in [5.74, 6) is 6.30. The van der Waals surface area contributed by atoms with E-state index in [-0.39, 0.29) is 6.04 Å². The van der Waals surface area contributed by atoms with E-state index in [0.717, 1.165) is 11.4 Å². The maximum absolute atomic E-state index is 5.64. The lowest BCUT2D eigenvalue weighted by Crippen LogP contribution is -2.33. The smallest absolute Gasteiger partial charge is 0.0660 e. The van der Waals surface area contributed by atoms with Crippen LogP contribution in [0.5, 0.6) is 0 Å². The fourth-order valence-electron chi connectivity index (χ4n) is 2.49. The third-order valence-electron chi connectivity index (χ3n) is 3.28. The predicted molar refractivity (Wildman–Crippen MR) is 61.0 cm³/mol. The van der Waals surface area contributed by atoms with Gasteiger partial charge in [0.1, 0.15) is 0 Å². The van der Waals surface area contributed by atoms with E-state index >= 15 is 0 Å². The molecular weight excluding hydrogens is 186 g/mol. The van der Waals surface area contributed by atoms with Crippen molar-refractivity contribution in [2.24, 2.45) is 11.8 Å². The zero-order chi connectivity index (χ0) is 10.7. The molecule has 3 nitrogen and oxygen atoms in total. The average molecular weight is 205 g/mol. The van der Waals surface area contributed by atoms with Crippen LogP contribution in [-0.4, -0.2) is 4.98 Å². The fraction of sp³-hybridized carbons (Fsp3) is 0.583. The number of aromatic nitrogens is 1. The summed E-state index contributed by atoms with van der Waals surface area (Å²) in [6.07, 6.45) is 5.19. The highest BCUT2D eigenvalue weighted by molar-refractivity contribution is 5.14. The zero-order valence-corrected chi connectivity index (χ0v) is 9.24. The minimum Gasteiger partial charge on any atom is -0.271 e. The molecule has 0 radical (unpaired) electrons. The van der Waals surface area contributed by atoms with Crippen LogP contribution in [0.2, 0.25) is 0 Å². The molecule has 1 aromatic rings. The number of pyridine rings is 1. The van der Waals surface area contributed by atoms with Crippen LogP contribution >= 0.6 is 0 Å². The lowest BCUT2D eigenvalue weighted by molar-refractivity contribution is 0.366. The molecule has 0 aromatic carbocycles. The Balaban J connectivity index is 2.18. The number of rotatable bonds is 3. The van der Waals surface area contributed by atoms with E-state index in [9.17, 15) is 0 Å². The lowest BCUT2D eigenvalue weighted by Gasteiger charge is -2.22. The van der Waals surface area contributed by atoms with Gasteiger partial charge in [-0.2, -0.15) is 0 Å². The summed E-state index contributed by atoms with van der Waals surface area (Å²) in [7, 11) is 0. The van der Waals surface area contributed by atoms with Gasteiger partial charge in [0.25, 0.3) is 0 Å². The topological polar surface area (TPSA) is 50.9 Å².